The van der Waals surface area contributed by atoms with Crippen molar-refractivity contribution < 1.29 is 24.6 Å². The van der Waals surface area contributed by atoms with Gasteiger partial charge in [-0.1, -0.05) is 31.2 Å². The number of carbonyl (C=O) groups is 3. The van der Waals surface area contributed by atoms with Crippen molar-refractivity contribution in [3.63, 3.8) is 0 Å². The third-order valence-electron chi connectivity index (χ3n) is 8.15. The van der Waals surface area contributed by atoms with Crippen LogP contribution in [0.25, 0.3) is 0 Å². The van der Waals surface area contributed by atoms with E-state index in [0.29, 0.717) is 49.3 Å². The molecule has 0 aromatic heterocycles. The molecule has 2 atom stereocenters. The van der Waals surface area contributed by atoms with Crippen LogP contribution in [0.2, 0.25) is 0 Å². The molecule has 0 saturated carbocycles. The van der Waals surface area contributed by atoms with Crippen LogP contribution >= 0.6 is 0 Å². The molecule has 2 aromatic rings. The summed E-state index contributed by atoms with van der Waals surface area (Å²) >= 11 is 0. The fourth-order valence-electron chi connectivity index (χ4n) is 5.94. The van der Waals surface area contributed by atoms with E-state index in [-0.39, 0.29) is 25.0 Å². The van der Waals surface area contributed by atoms with Crippen LogP contribution in [0.1, 0.15) is 63.0 Å². The summed E-state index contributed by atoms with van der Waals surface area (Å²) in [6, 6.07) is 13.1. The Morgan fingerprint density at radius 1 is 0.923 bits per heavy atom. The third kappa shape index (κ3) is 5.11. The van der Waals surface area contributed by atoms with E-state index in [1.165, 1.54) is 0 Å². The van der Waals surface area contributed by atoms with Gasteiger partial charge in [-0.15, -0.1) is 0 Å². The van der Waals surface area contributed by atoms with Crippen molar-refractivity contribution in [2.75, 3.05) is 34.4 Å². The molecule has 2 fully saturated rings. The van der Waals surface area contributed by atoms with Crippen molar-refractivity contribution in [3.8, 4) is 0 Å². The van der Waals surface area contributed by atoms with Gasteiger partial charge in [0.25, 0.3) is 5.91 Å². The zero-order valence-electron chi connectivity index (χ0n) is 22.5. The molecule has 39 heavy (non-hydrogen) atoms. The van der Waals surface area contributed by atoms with E-state index in [2.05, 4.69) is 0 Å². The number of benzene rings is 2. The Labute approximate surface area is 229 Å². The molecule has 5 rings (SSSR count). The molecule has 0 aliphatic carbocycles. The molecular weight excluding hydrogens is 494 g/mol. The summed E-state index contributed by atoms with van der Waals surface area (Å²) in [5.41, 5.74) is 1.62. The lowest BCUT2D eigenvalue weighted by Crippen LogP contribution is -2.44. The number of nitrogens with zero attached hydrogens (tertiary/aromatic N) is 3. The first-order valence-corrected chi connectivity index (χ1v) is 14.0. The van der Waals surface area contributed by atoms with Crippen molar-refractivity contribution in [3.05, 3.63) is 65.7 Å². The number of carbonyl (C=O) groups excluding carboxylic acids is 3. The zero-order chi connectivity index (χ0) is 27.6. The number of fused-ring (bicyclic) bond motifs is 1. The highest BCUT2D eigenvalue weighted by Crippen LogP contribution is 2.47. The molecule has 0 bridgehead atoms. The van der Waals surface area contributed by atoms with Crippen molar-refractivity contribution in [1.29, 1.82) is 0 Å². The van der Waals surface area contributed by atoms with Gasteiger partial charge in [0.05, 0.1) is 12.2 Å². The highest BCUT2D eigenvalue weighted by Gasteiger charge is 2.52. The van der Waals surface area contributed by atoms with E-state index >= 15 is 0 Å². The van der Waals surface area contributed by atoms with Crippen LogP contribution in [-0.4, -0.2) is 47.6 Å². The first-order chi connectivity index (χ1) is 18.8. The van der Waals surface area contributed by atoms with Gasteiger partial charge in [0.1, 0.15) is 0 Å². The Kier molecular flexibility index (Phi) is 7.86. The van der Waals surface area contributed by atoms with E-state index in [1.807, 2.05) is 36.4 Å². The molecule has 3 heterocycles. The average Bonchev–Trinajstić information content (AvgIpc) is 3.16. The van der Waals surface area contributed by atoms with Crippen molar-refractivity contribution >= 4 is 34.8 Å². The van der Waals surface area contributed by atoms with E-state index in [0.717, 1.165) is 36.9 Å². The van der Waals surface area contributed by atoms with Crippen molar-refractivity contribution in [2.45, 2.75) is 64.0 Å². The molecule has 206 valence electrons. The van der Waals surface area contributed by atoms with E-state index in [9.17, 15) is 24.6 Å². The minimum Gasteiger partial charge on any atom is -0.396 e. The maximum absolute atomic E-state index is 14.0. The minimum absolute atomic E-state index is 0.0185. The van der Waals surface area contributed by atoms with E-state index < -0.39 is 17.4 Å². The lowest BCUT2D eigenvalue weighted by molar-refractivity contribution is -0.139. The van der Waals surface area contributed by atoms with Crippen LogP contribution in [0.5, 0.6) is 0 Å². The van der Waals surface area contributed by atoms with Gasteiger partial charge in [0.2, 0.25) is 11.8 Å². The van der Waals surface area contributed by atoms with Gasteiger partial charge in [0, 0.05) is 55.4 Å². The van der Waals surface area contributed by atoms with Crippen LogP contribution in [0, 0.1) is 5.92 Å². The van der Waals surface area contributed by atoms with Crippen LogP contribution < -0.4 is 14.7 Å². The Hall–Kier alpha value is -3.49. The molecule has 0 spiro atoms. The summed E-state index contributed by atoms with van der Waals surface area (Å²) in [4.78, 5) is 44.3. The Bertz CT molecular complexity index is 1290. The Morgan fingerprint density at radius 3 is 2.23 bits per heavy atom. The number of rotatable bonds is 8. The minimum atomic E-state index is -1.82. The molecule has 3 aliphatic heterocycles. The number of anilines is 3. The monoisotopic (exact) mass is 531 g/mol. The highest BCUT2D eigenvalue weighted by molar-refractivity contribution is 6.08. The topological polar surface area (TPSA) is 101 Å². The van der Waals surface area contributed by atoms with Gasteiger partial charge in [-0.05, 0) is 68.0 Å². The summed E-state index contributed by atoms with van der Waals surface area (Å²) in [6.45, 7) is 3.31. The molecular formula is C31H37N3O5. The van der Waals surface area contributed by atoms with Crippen LogP contribution in [0.3, 0.4) is 0 Å². The predicted molar refractivity (Wildman–Crippen MR) is 150 cm³/mol. The molecule has 0 radical (unpaired) electrons. The zero-order valence-corrected chi connectivity index (χ0v) is 22.5. The average molecular weight is 532 g/mol. The highest BCUT2D eigenvalue weighted by atomic mass is 16.3. The van der Waals surface area contributed by atoms with Crippen molar-refractivity contribution in [1.82, 2.24) is 0 Å². The van der Waals surface area contributed by atoms with Gasteiger partial charge in [-0.2, -0.15) is 0 Å². The maximum atomic E-state index is 14.0. The van der Waals surface area contributed by atoms with Gasteiger partial charge in [-0.3, -0.25) is 14.4 Å². The van der Waals surface area contributed by atoms with Crippen LogP contribution in [0.4, 0.5) is 17.1 Å². The summed E-state index contributed by atoms with van der Waals surface area (Å²) in [6.07, 6.45) is 8.64. The second-order valence-corrected chi connectivity index (χ2v) is 10.8. The van der Waals surface area contributed by atoms with Gasteiger partial charge < -0.3 is 24.9 Å². The first-order valence-electron chi connectivity index (χ1n) is 14.0. The van der Waals surface area contributed by atoms with E-state index in [4.69, 9.17) is 0 Å². The number of hydrogen-bond acceptors (Lipinski definition) is 5. The summed E-state index contributed by atoms with van der Waals surface area (Å²) in [5.74, 6) is -0.838. The fourth-order valence-corrected chi connectivity index (χ4v) is 5.94. The van der Waals surface area contributed by atoms with E-state index in [1.54, 1.807) is 39.8 Å². The summed E-state index contributed by atoms with van der Waals surface area (Å²) < 4.78 is 0. The smallest absolute Gasteiger partial charge is 0.264 e. The molecule has 3 aliphatic rings. The standard InChI is InChI=1S/C31H37N3O5/c1-22(9-4-7-18-35)31(39)26-20-25(33-17-6-3-13-29(33)37)14-15-27(26)34(30(31)38)21-23-10-8-11-24(19-23)32-16-5-2-12-28(32)36/h4,8-11,14-15,19-20,22,35,39H,2-3,5-7,12-13,16-18,21H2,1H3/b9-4+/t22-,31+/m0/s1. The molecule has 2 aromatic carbocycles. The summed E-state index contributed by atoms with van der Waals surface area (Å²) in [5, 5.41) is 21.3. The van der Waals surface area contributed by atoms with Gasteiger partial charge in [-0.25, -0.2) is 0 Å². The lowest BCUT2D eigenvalue weighted by atomic mass is 9.82. The Morgan fingerprint density at radius 2 is 1.59 bits per heavy atom. The maximum Gasteiger partial charge on any atom is 0.264 e. The number of aliphatic hydroxyl groups excluding tert-OH is 1. The predicted octanol–water partition coefficient (Wildman–Crippen LogP) is 4.03. The molecule has 8 nitrogen and oxygen atoms in total. The van der Waals surface area contributed by atoms with Crippen molar-refractivity contribution in [2.24, 2.45) is 5.92 Å². The molecule has 0 unspecified atom stereocenters. The molecule has 3 amide bonds. The number of amides is 3. The molecule has 2 N–H and O–H groups in total. The van der Waals surface area contributed by atoms with Gasteiger partial charge >= 0.3 is 0 Å². The number of piperidine rings is 2. The normalized spacial score (nSPS) is 22.6. The number of hydrogen-bond donors (Lipinski definition) is 2. The quantitative estimate of drug-likeness (QED) is 0.501. The number of aliphatic hydroxyl groups is 2. The molecule has 2 saturated heterocycles. The first kappa shape index (κ1) is 27.1. The second-order valence-electron chi connectivity index (χ2n) is 10.8. The molecule has 8 heteroatoms. The lowest BCUT2D eigenvalue weighted by Gasteiger charge is -2.30. The Balaban J connectivity index is 1.51. The third-order valence-corrected chi connectivity index (χ3v) is 8.15. The second kappa shape index (κ2) is 11.3. The summed E-state index contributed by atoms with van der Waals surface area (Å²) in [7, 11) is 0. The van der Waals surface area contributed by atoms with Crippen LogP contribution in [-0.2, 0) is 26.5 Å². The van der Waals surface area contributed by atoms with Crippen LogP contribution in [0.15, 0.2) is 54.6 Å². The van der Waals surface area contributed by atoms with Gasteiger partial charge in [0.15, 0.2) is 5.60 Å². The largest absolute Gasteiger partial charge is 0.396 e. The SMILES string of the molecule is C[C@@H](/C=C/CCO)[C@]1(O)C(=O)N(Cc2cccc(N3CCCCC3=O)c2)c2ccc(N3CCCCC3=O)cc21. The fraction of sp³-hybridized carbons (Fsp3) is 0.452.